The van der Waals surface area contributed by atoms with Crippen molar-refractivity contribution in [2.24, 2.45) is 0 Å². The summed E-state index contributed by atoms with van der Waals surface area (Å²) in [5.41, 5.74) is 0.752. The van der Waals surface area contributed by atoms with Crippen LogP contribution in [0.2, 0.25) is 0 Å². The van der Waals surface area contributed by atoms with Crippen LogP contribution in [-0.4, -0.2) is 59.2 Å². The summed E-state index contributed by atoms with van der Waals surface area (Å²) in [5.74, 6) is -0.286. The molecule has 0 N–H and O–H groups in total. The third kappa shape index (κ3) is 3.29. The highest BCUT2D eigenvalue weighted by molar-refractivity contribution is 5.97. The number of fused-ring (bicyclic) bond motifs is 1. The van der Waals surface area contributed by atoms with Crippen molar-refractivity contribution in [2.45, 2.75) is 20.4 Å². The molecule has 2 heterocycles. The second-order valence-corrected chi connectivity index (χ2v) is 6.15. The molecule has 0 radical (unpaired) electrons. The van der Waals surface area contributed by atoms with Gasteiger partial charge in [0, 0.05) is 44.3 Å². The number of carbonyl (C=O) groups excluding carboxylic acids is 2. The predicted octanol–water partition coefficient (Wildman–Crippen LogP) is 1.94. The summed E-state index contributed by atoms with van der Waals surface area (Å²) in [5, 5.41) is 0.547. The van der Waals surface area contributed by atoms with E-state index in [1.54, 1.807) is 35.1 Å². The Labute approximate surface area is 151 Å². The van der Waals surface area contributed by atoms with E-state index in [-0.39, 0.29) is 23.0 Å². The van der Waals surface area contributed by atoms with Crippen LogP contribution in [0.5, 0.6) is 0 Å². The Kier molecular flexibility index (Phi) is 5.25. The molecule has 3 rings (SSSR count). The van der Waals surface area contributed by atoms with Crippen molar-refractivity contribution in [2.75, 3.05) is 32.8 Å². The molecule has 1 fully saturated rings. The number of benzene rings is 1. The average Bonchev–Trinajstić information content (AvgIpc) is 2.68. The fraction of sp³-hybridized carbons (Fsp3) is 0.421. The lowest BCUT2D eigenvalue weighted by Gasteiger charge is -2.34. The third-order valence-electron chi connectivity index (χ3n) is 4.65. The Morgan fingerprint density at radius 3 is 2.35 bits per heavy atom. The zero-order valence-electron chi connectivity index (χ0n) is 15.1. The summed E-state index contributed by atoms with van der Waals surface area (Å²) in [6, 6.07) is 7.31. The van der Waals surface area contributed by atoms with E-state index in [0.717, 1.165) is 5.52 Å². The Morgan fingerprint density at radius 1 is 1.04 bits per heavy atom. The summed E-state index contributed by atoms with van der Waals surface area (Å²) in [7, 11) is 0. The number of amides is 2. The van der Waals surface area contributed by atoms with Gasteiger partial charge in [0.2, 0.25) is 5.43 Å². The first-order chi connectivity index (χ1) is 12.6. The summed E-state index contributed by atoms with van der Waals surface area (Å²) < 4.78 is 6.91. The maximum atomic E-state index is 12.9. The van der Waals surface area contributed by atoms with Gasteiger partial charge >= 0.3 is 6.09 Å². The monoisotopic (exact) mass is 357 g/mol. The van der Waals surface area contributed by atoms with Gasteiger partial charge in [0.15, 0.2) is 0 Å². The van der Waals surface area contributed by atoms with Crippen LogP contribution in [-0.2, 0) is 11.3 Å². The quantitative estimate of drug-likeness (QED) is 0.842. The summed E-state index contributed by atoms with van der Waals surface area (Å²) in [6.45, 7) is 6.30. The smallest absolute Gasteiger partial charge is 0.409 e. The number of ether oxygens (including phenoxy) is 1. The van der Waals surface area contributed by atoms with Crippen LogP contribution in [0.3, 0.4) is 0 Å². The van der Waals surface area contributed by atoms with Gasteiger partial charge in [-0.25, -0.2) is 4.79 Å². The number of hydrogen-bond acceptors (Lipinski definition) is 4. The maximum Gasteiger partial charge on any atom is 0.409 e. The van der Waals surface area contributed by atoms with Crippen molar-refractivity contribution in [3.8, 4) is 0 Å². The first kappa shape index (κ1) is 18.0. The molecule has 1 saturated heterocycles. The molecule has 2 aromatic rings. The van der Waals surface area contributed by atoms with Crippen molar-refractivity contribution in [1.29, 1.82) is 0 Å². The topological polar surface area (TPSA) is 71.8 Å². The summed E-state index contributed by atoms with van der Waals surface area (Å²) in [6.07, 6.45) is 1.28. The number of aryl methyl sites for hydroxylation is 1. The van der Waals surface area contributed by atoms with Crippen LogP contribution in [0.1, 0.15) is 24.2 Å². The molecule has 0 aliphatic carbocycles. The first-order valence-corrected chi connectivity index (χ1v) is 8.90. The second kappa shape index (κ2) is 7.59. The van der Waals surface area contributed by atoms with Crippen molar-refractivity contribution >= 4 is 22.9 Å². The Morgan fingerprint density at radius 2 is 1.69 bits per heavy atom. The minimum atomic E-state index is -0.362. The molecule has 1 aliphatic rings. The van der Waals surface area contributed by atoms with Crippen molar-refractivity contribution < 1.29 is 14.3 Å². The van der Waals surface area contributed by atoms with E-state index in [1.807, 2.05) is 23.6 Å². The third-order valence-corrected chi connectivity index (χ3v) is 4.65. The molecule has 1 aliphatic heterocycles. The van der Waals surface area contributed by atoms with Crippen LogP contribution in [0.25, 0.3) is 10.9 Å². The normalized spacial score (nSPS) is 14.5. The molecule has 7 nitrogen and oxygen atoms in total. The van der Waals surface area contributed by atoms with E-state index in [4.69, 9.17) is 4.74 Å². The lowest BCUT2D eigenvalue weighted by molar-refractivity contribution is 0.0569. The largest absolute Gasteiger partial charge is 0.450 e. The molecule has 0 saturated carbocycles. The van der Waals surface area contributed by atoms with Crippen molar-refractivity contribution in [3.63, 3.8) is 0 Å². The van der Waals surface area contributed by atoms with E-state index in [2.05, 4.69) is 0 Å². The van der Waals surface area contributed by atoms with Crippen LogP contribution >= 0.6 is 0 Å². The number of para-hydroxylation sites is 1. The van der Waals surface area contributed by atoms with E-state index >= 15 is 0 Å². The second-order valence-electron chi connectivity index (χ2n) is 6.15. The molecule has 26 heavy (non-hydrogen) atoms. The highest BCUT2D eigenvalue weighted by Crippen LogP contribution is 2.14. The molecular weight excluding hydrogens is 334 g/mol. The van der Waals surface area contributed by atoms with Crippen LogP contribution < -0.4 is 5.43 Å². The van der Waals surface area contributed by atoms with Gasteiger partial charge in [-0.1, -0.05) is 12.1 Å². The van der Waals surface area contributed by atoms with E-state index in [9.17, 15) is 14.4 Å². The molecule has 0 atom stereocenters. The van der Waals surface area contributed by atoms with E-state index in [1.165, 1.54) is 0 Å². The standard InChI is InChI=1S/C19H23N3O4/c1-3-20-13-15(17(23)14-7-5-6-8-16(14)20)18(24)21-9-11-22(12-10-21)19(25)26-4-2/h5-8,13H,3-4,9-12H2,1-2H3. The van der Waals surface area contributed by atoms with E-state index < -0.39 is 0 Å². The lowest BCUT2D eigenvalue weighted by atomic mass is 10.1. The van der Waals surface area contributed by atoms with Gasteiger partial charge in [0.05, 0.1) is 12.1 Å². The van der Waals surface area contributed by atoms with Crippen LogP contribution in [0, 0.1) is 0 Å². The zero-order chi connectivity index (χ0) is 18.7. The van der Waals surface area contributed by atoms with Gasteiger partial charge in [0.25, 0.3) is 5.91 Å². The van der Waals surface area contributed by atoms with Gasteiger partial charge in [-0.3, -0.25) is 9.59 Å². The SMILES string of the molecule is CCOC(=O)N1CCN(C(=O)c2cn(CC)c3ccccc3c2=O)CC1. The molecule has 2 amide bonds. The molecule has 138 valence electrons. The Hall–Kier alpha value is -2.83. The fourth-order valence-corrected chi connectivity index (χ4v) is 3.24. The van der Waals surface area contributed by atoms with E-state index in [0.29, 0.717) is 44.7 Å². The highest BCUT2D eigenvalue weighted by Gasteiger charge is 2.27. The molecule has 0 bridgehead atoms. The number of pyridine rings is 1. The molecule has 0 unspecified atom stereocenters. The summed E-state index contributed by atoms with van der Waals surface area (Å²) in [4.78, 5) is 40.7. The van der Waals surface area contributed by atoms with Crippen LogP contribution in [0.4, 0.5) is 4.79 Å². The first-order valence-electron chi connectivity index (χ1n) is 8.90. The van der Waals surface area contributed by atoms with Gasteiger partial charge < -0.3 is 19.1 Å². The minimum absolute atomic E-state index is 0.176. The number of piperazine rings is 1. The highest BCUT2D eigenvalue weighted by atomic mass is 16.6. The zero-order valence-corrected chi connectivity index (χ0v) is 15.1. The summed E-state index contributed by atoms with van der Waals surface area (Å²) >= 11 is 0. The number of carbonyl (C=O) groups is 2. The number of rotatable bonds is 3. The Bertz CT molecular complexity index is 882. The van der Waals surface area contributed by atoms with Gasteiger partial charge in [-0.05, 0) is 26.0 Å². The van der Waals surface area contributed by atoms with Gasteiger partial charge in [0.1, 0.15) is 5.56 Å². The molecule has 1 aromatic carbocycles. The number of nitrogens with zero attached hydrogens (tertiary/aromatic N) is 3. The molecular formula is C19H23N3O4. The van der Waals surface area contributed by atoms with Crippen molar-refractivity contribution in [3.05, 3.63) is 46.2 Å². The average molecular weight is 357 g/mol. The van der Waals surface area contributed by atoms with Crippen LogP contribution in [0.15, 0.2) is 35.3 Å². The predicted molar refractivity (Wildman–Crippen MR) is 98.4 cm³/mol. The number of aromatic nitrogens is 1. The minimum Gasteiger partial charge on any atom is -0.450 e. The molecule has 7 heteroatoms. The fourth-order valence-electron chi connectivity index (χ4n) is 3.24. The van der Waals surface area contributed by atoms with Gasteiger partial charge in [-0.2, -0.15) is 0 Å². The van der Waals surface area contributed by atoms with Gasteiger partial charge in [-0.15, -0.1) is 0 Å². The Balaban J connectivity index is 1.84. The van der Waals surface area contributed by atoms with Crippen molar-refractivity contribution in [1.82, 2.24) is 14.4 Å². The molecule has 1 aromatic heterocycles. The lowest BCUT2D eigenvalue weighted by Crippen LogP contribution is -2.51. The number of hydrogen-bond donors (Lipinski definition) is 0. The molecule has 0 spiro atoms. The maximum absolute atomic E-state index is 12.9.